The number of anilines is 1. The molecule has 3 N–H and O–H groups in total. The van der Waals surface area contributed by atoms with Crippen LogP contribution in [0.15, 0.2) is 41.8 Å². The molecular formula is C15H16N2OS. The highest BCUT2D eigenvalue weighted by molar-refractivity contribution is 8.00. The van der Waals surface area contributed by atoms with Gasteiger partial charge in [-0.2, -0.15) is 0 Å². The molecular weight excluding hydrogens is 256 g/mol. The molecule has 2 aromatic carbocycles. The minimum absolute atomic E-state index is 0.122. The zero-order chi connectivity index (χ0) is 13.4. The SMILES string of the molecule is C=CCNC1Nc2c(c(C)c(O)c3ccccc23)S1. The number of phenols is 1. The number of thioether (sulfide) groups is 1. The van der Waals surface area contributed by atoms with Crippen LogP contribution in [0.5, 0.6) is 5.75 Å². The Morgan fingerprint density at radius 3 is 2.89 bits per heavy atom. The van der Waals surface area contributed by atoms with E-state index in [0.717, 1.165) is 33.5 Å². The van der Waals surface area contributed by atoms with E-state index in [1.165, 1.54) is 0 Å². The second-order valence-electron chi connectivity index (χ2n) is 4.56. The van der Waals surface area contributed by atoms with Gasteiger partial charge in [-0.1, -0.05) is 42.1 Å². The van der Waals surface area contributed by atoms with E-state index in [2.05, 4.69) is 17.2 Å². The van der Waals surface area contributed by atoms with Gasteiger partial charge in [0.05, 0.1) is 5.69 Å². The van der Waals surface area contributed by atoms with Crippen molar-refractivity contribution in [3.63, 3.8) is 0 Å². The minimum atomic E-state index is 0.122. The standard InChI is InChI=1S/C15H16N2OS/c1-3-8-16-15-17-12-10-6-4-5-7-11(10)13(18)9(2)14(12)19-15/h3-7,15-18H,1,8H2,2H3. The van der Waals surface area contributed by atoms with E-state index in [1.807, 2.05) is 37.3 Å². The molecule has 1 aliphatic heterocycles. The average Bonchev–Trinajstić information content (AvgIpc) is 2.87. The summed E-state index contributed by atoms with van der Waals surface area (Å²) in [4.78, 5) is 1.12. The normalized spacial score (nSPS) is 17.2. The van der Waals surface area contributed by atoms with Gasteiger partial charge in [0.2, 0.25) is 0 Å². The molecule has 1 unspecified atom stereocenters. The number of rotatable bonds is 3. The van der Waals surface area contributed by atoms with Gasteiger partial charge in [-0.25, -0.2) is 0 Å². The Labute approximate surface area is 116 Å². The molecule has 1 heterocycles. The Balaban J connectivity index is 2.10. The highest BCUT2D eigenvalue weighted by Crippen LogP contribution is 2.48. The second-order valence-corrected chi connectivity index (χ2v) is 5.68. The number of nitrogens with one attached hydrogen (secondary N) is 2. The van der Waals surface area contributed by atoms with Crippen molar-refractivity contribution in [2.75, 3.05) is 11.9 Å². The molecule has 0 saturated heterocycles. The first-order valence-corrected chi connectivity index (χ1v) is 7.12. The lowest BCUT2D eigenvalue weighted by molar-refractivity contribution is 0.476. The first-order chi connectivity index (χ1) is 9.22. The van der Waals surface area contributed by atoms with Crippen molar-refractivity contribution in [1.82, 2.24) is 5.32 Å². The molecule has 19 heavy (non-hydrogen) atoms. The number of benzene rings is 2. The molecule has 3 nitrogen and oxygen atoms in total. The fraction of sp³-hybridized carbons (Fsp3) is 0.200. The van der Waals surface area contributed by atoms with E-state index >= 15 is 0 Å². The Bertz CT molecular complexity index is 654. The van der Waals surface area contributed by atoms with Gasteiger partial charge in [-0.3, -0.25) is 5.32 Å². The third-order valence-corrected chi connectivity index (χ3v) is 4.60. The van der Waals surface area contributed by atoms with Crippen molar-refractivity contribution in [3.05, 3.63) is 42.5 Å². The van der Waals surface area contributed by atoms with Crippen molar-refractivity contribution >= 4 is 28.2 Å². The fourth-order valence-corrected chi connectivity index (χ4v) is 3.53. The van der Waals surface area contributed by atoms with Gasteiger partial charge < -0.3 is 10.4 Å². The van der Waals surface area contributed by atoms with Crippen molar-refractivity contribution in [3.8, 4) is 5.75 Å². The van der Waals surface area contributed by atoms with E-state index in [1.54, 1.807) is 11.8 Å². The summed E-state index contributed by atoms with van der Waals surface area (Å²) in [6.45, 7) is 6.43. The molecule has 0 radical (unpaired) electrons. The van der Waals surface area contributed by atoms with Gasteiger partial charge >= 0.3 is 0 Å². The number of aromatic hydroxyl groups is 1. The van der Waals surface area contributed by atoms with Gasteiger partial charge in [0.1, 0.15) is 11.2 Å². The number of hydrogen-bond donors (Lipinski definition) is 3. The second kappa shape index (κ2) is 4.79. The molecule has 3 rings (SSSR count). The van der Waals surface area contributed by atoms with Crippen LogP contribution in [0.25, 0.3) is 10.8 Å². The minimum Gasteiger partial charge on any atom is -0.507 e. The quantitative estimate of drug-likeness (QED) is 0.591. The molecule has 1 atom stereocenters. The van der Waals surface area contributed by atoms with Crippen LogP contribution in [-0.2, 0) is 0 Å². The number of hydrogen-bond acceptors (Lipinski definition) is 4. The van der Waals surface area contributed by atoms with Gasteiger partial charge in [-0.15, -0.1) is 6.58 Å². The zero-order valence-corrected chi connectivity index (χ0v) is 11.6. The van der Waals surface area contributed by atoms with E-state index in [9.17, 15) is 5.11 Å². The van der Waals surface area contributed by atoms with Crippen LogP contribution >= 0.6 is 11.8 Å². The van der Waals surface area contributed by atoms with Crippen molar-refractivity contribution < 1.29 is 5.11 Å². The highest BCUT2D eigenvalue weighted by atomic mass is 32.2. The van der Waals surface area contributed by atoms with E-state index in [0.29, 0.717) is 5.75 Å². The maximum Gasteiger partial charge on any atom is 0.130 e. The molecule has 0 saturated carbocycles. The molecule has 2 aromatic rings. The summed E-state index contributed by atoms with van der Waals surface area (Å²) >= 11 is 1.70. The maximum absolute atomic E-state index is 10.3. The predicted molar refractivity (Wildman–Crippen MR) is 81.8 cm³/mol. The lowest BCUT2D eigenvalue weighted by Crippen LogP contribution is -2.30. The van der Waals surface area contributed by atoms with Crippen LogP contribution in [0.4, 0.5) is 5.69 Å². The lowest BCUT2D eigenvalue weighted by atomic mass is 10.0. The van der Waals surface area contributed by atoms with Crippen molar-refractivity contribution in [2.45, 2.75) is 17.3 Å². The Hall–Kier alpha value is -1.65. The summed E-state index contributed by atoms with van der Waals surface area (Å²) in [5, 5.41) is 19.1. The number of fused-ring (bicyclic) bond motifs is 3. The topological polar surface area (TPSA) is 44.3 Å². The monoisotopic (exact) mass is 272 g/mol. The highest BCUT2D eigenvalue weighted by Gasteiger charge is 2.26. The molecule has 0 aliphatic carbocycles. The Morgan fingerprint density at radius 2 is 2.16 bits per heavy atom. The van der Waals surface area contributed by atoms with Crippen molar-refractivity contribution in [1.29, 1.82) is 0 Å². The summed E-state index contributed by atoms with van der Waals surface area (Å²) in [5.41, 5.74) is 2.17. The van der Waals surface area contributed by atoms with E-state index in [4.69, 9.17) is 0 Å². The lowest BCUT2D eigenvalue weighted by Gasteiger charge is -2.11. The third kappa shape index (κ3) is 1.97. The first kappa shape index (κ1) is 12.4. The van der Waals surface area contributed by atoms with Gasteiger partial charge in [-0.05, 0) is 6.92 Å². The molecule has 0 fully saturated rings. The zero-order valence-electron chi connectivity index (χ0n) is 10.7. The smallest absolute Gasteiger partial charge is 0.130 e. The van der Waals surface area contributed by atoms with Gasteiger partial charge in [0.15, 0.2) is 0 Å². The van der Waals surface area contributed by atoms with Gasteiger partial charge in [0.25, 0.3) is 0 Å². The van der Waals surface area contributed by atoms with Gasteiger partial charge in [0, 0.05) is 27.8 Å². The molecule has 0 bridgehead atoms. The van der Waals surface area contributed by atoms with E-state index < -0.39 is 0 Å². The number of phenolic OH excluding ortho intramolecular Hbond substituents is 1. The summed E-state index contributed by atoms with van der Waals surface area (Å²) < 4.78 is 0. The molecule has 0 aromatic heterocycles. The van der Waals surface area contributed by atoms with Crippen molar-refractivity contribution in [2.24, 2.45) is 0 Å². The Morgan fingerprint density at radius 1 is 1.42 bits per heavy atom. The summed E-state index contributed by atoms with van der Waals surface area (Å²) in [6.07, 6.45) is 1.84. The molecule has 98 valence electrons. The Kier molecular flexibility index (Phi) is 3.12. The van der Waals surface area contributed by atoms with Crippen LogP contribution in [-0.4, -0.2) is 17.1 Å². The third-order valence-electron chi connectivity index (χ3n) is 3.33. The molecule has 4 heteroatoms. The summed E-state index contributed by atoms with van der Waals surface area (Å²) in [6, 6.07) is 7.93. The van der Waals surface area contributed by atoms with Crippen LogP contribution in [0.3, 0.4) is 0 Å². The molecule has 1 aliphatic rings. The largest absolute Gasteiger partial charge is 0.507 e. The molecule has 0 amide bonds. The predicted octanol–water partition coefficient (Wildman–Crippen LogP) is 3.43. The fourth-order valence-electron chi connectivity index (χ4n) is 2.38. The van der Waals surface area contributed by atoms with Crippen LogP contribution in [0, 0.1) is 6.92 Å². The summed E-state index contributed by atoms with van der Waals surface area (Å²) in [7, 11) is 0. The van der Waals surface area contributed by atoms with Crippen LogP contribution in [0.2, 0.25) is 0 Å². The average molecular weight is 272 g/mol. The summed E-state index contributed by atoms with van der Waals surface area (Å²) in [5.74, 6) is 0.382. The van der Waals surface area contributed by atoms with E-state index in [-0.39, 0.29) is 5.50 Å². The molecule has 0 spiro atoms. The van der Waals surface area contributed by atoms with Crippen LogP contribution in [0.1, 0.15) is 5.56 Å². The maximum atomic E-state index is 10.3. The van der Waals surface area contributed by atoms with Crippen LogP contribution < -0.4 is 10.6 Å². The first-order valence-electron chi connectivity index (χ1n) is 6.24.